The average molecular weight is 513 g/mol. The third-order valence-electron chi connectivity index (χ3n) is 7.07. The molecule has 0 unspecified atom stereocenters. The Balaban J connectivity index is 1.42. The highest BCUT2D eigenvalue weighted by Crippen LogP contribution is 2.44. The van der Waals surface area contributed by atoms with E-state index in [0.29, 0.717) is 16.7 Å². The number of halogens is 2. The van der Waals surface area contributed by atoms with Gasteiger partial charge in [-0.2, -0.15) is 5.26 Å². The summed E-state index contributed by atoms with van der Waals surface area (Å²) in [5.41, 5.74) is 0.307. The minimum absolute atomic E-state index is 0.00748. The summed E-state index contributed by atoms with van der Waals surface area (Å²) in [5, 5.41) is 12.6. The summed E-state index contributed by atoms with van der Waals surface area (Å²) in [6, 6.07) is 13.0. The quantitative estimate of drug-likeness (QED) is 0.568. The number of amides is 1. The van der Waals surface area contributed by atoms with Crippen molar-refractivity contribution in [2.24, 2.45) is 0 Å². The molecule has 2 aliphatic carbocycles. The molecule has 3 fully saturated rings. The average Bonchev–Trinajstić information content (AvgIpc) is 3.63. The number of rotatable bonds is 8. The summed E-state index contributed by atoms with van der Waals surface area (Å²) in [6.07, 6.45) is 0.655. The summed E-state index contributed by atoms with van der Waals surface area (Å²) in [7, 11) is 0. The highest BCUT2D eigenvalue weighted by atomic mass is 19.2. The third kappa shape index (κ3) is 5.68. The Morgan fingerprint density at radius 1 is 1.11 bits per heavy atom. The van der Waals surface area contributed by atoms with E-state index in [0.717, 1.165) is 25.0 Å². The maximum atomic E-state index is 13.8. The Morgan fingerprint density at radius 3 is 2.62 bits per heavy atom. The van der Waals surface area contributed by atoms with Gasteiger partial charge in [0.05, 0.1) is 37.1 Å². The van der Waals surface area contributed by atoms with Gasteiger partial charge in [0.2, 0.25) is 0 Å². The predicted molar refractivity (Wildman–Crippen MR) is 128 cm³/mol. The number of fused-ring (bicyclic) bond motifs is 1. The summed E-state index contributed by atoms with van der Waals surface area (Å²) < 4.78 is 52.1. The van der Waals surface area contributed by atoms with Gasteiger partial charge < -0.3 is 24.3 Å². The van der Waals surface area contributed by atoms with Gasteiger partial charge in [-0.05, 0) is 56.0 Å². The predicted octanol–water partition coefficient (Wildman–Crippen LogP) is 4.27. The van der Waals surface area contributed by atoms with Crippen molar-refractivity contribution in [2.45, 2.75) is 88.5 Å². The number of nitrogens with zero attached hydrogens (tertiary/aromatic N) is 1. The largest absolute Gasteiger partial charge is 0.371 e. The van der Waals surface area contributed by atoms with E-state index in [9.17, 15) is 18.8 Å². The molecule has 2 saturated carbocycles. The van der Waals surface area contributed by atoms with Crippen molar-refractivity contribution in [3.63, 3.8) is 0 Å². The first kappa shape index (κ1) is 25.7. The van der Waals surface area contributed by atoms with Crippen molar-refractivity contribution >= 4 is 5.91 Å². The first-order valence-corrected chi connectivity index (χ1v) is 12.5. The van der Waals surface area contributed by atoms with E-state index in [1.807, 2.05) is 6.07 Å². The number of carbonyl (C=O) groups excluding carboxylic acids is 1. The van der Waals surface area contributed by atoms with E-state index in [2.05, 4.69) is 11.4 Å². The zero-order chi connectivity index (χ0) is 26.2. The molecule has 1 saturated heterocycles. The van der Waals surface area contributed by atoms with Crippen LogP contribution in [0.4, 0.5) is 8.78 Å². The standard InChI is InChI=1S/C28H30F2N2O5/c1-27(2)36-24-13-28(26(33)32-20-8-9-20,35-16-19-6-4-3-5-18(19)14-31)12-23(25(24)37-27)34-15-17-7-10-21(29)22(30)11-17/h3-7,10-11,20,23-25H,8-9,12-13,15-16H2,1-2H3,(H,32,33)/t23-,24+,25-,28+/m0/s1. The van der Waals surface area contributed by atoms with Crippen LogP contribution in [-0.4, -0.2) is 41.6 Å². The second kappa shape index (κ2) is 10.1. The van der Waals surface area contributed by atoms with Gasteiger partial charge in [-0.3, -0.25) is 4.79 Å². The van der Waals surface area contributed by atoms with Crippen LogP contribution in [0, 0.1) is 23.0 Å². The van der Waals surface area contributed by atoms with Crippen LogP contribution in [0.1, 0.15) is 56.2 Å². The molecule has 7 nitrogen and oxygen atoms in total. The number of carbonyl (C=O) groups is 1. The molecule has 2 aromatic rings. The number of hydrogen-bond acceptors (Lipinski definition) is 6. The number of hydrogen-bond donors (Lipinski definition) is 1. The summed E-state index contributed by atoms with van der Waals surface area (Å²) >= 11 is 0. The van der Waals surface area contributed by atoms with Gasteiger partial charge in [0.15, 0.2) is 23.0 Å². The topological polar surface area (TPSA) is 89.8 Å². The van der Waals surface area contributed by atoms with Crippen LogP contribution in [0.25, 0.3) is 0 Å². The van der Waals surface area contributed by atoms with E-state index in [-0.39, 0.29) is 38.0 Å². The van der Waals surface area contributed by atoms with Gasteiger partial charge in [-0.1, -0.05) is 24.3 Å². The fourth-order valence-corrected chi connectivity index (χ4v) is 5.06. The van der Waals surface area contributed by atoms with Crippen LogP contribution in [-0.2, 0) is 37.0 Å². The number of ether oxygens (including phenoxy) is 4. The lowest BCUT2D eigenvalue weighted by Gasteiger charge is -2.43. The van der Waals surface area contributed by atoms with Gasteiger partial charge in [-0.15, -0.1) is 0 Å². The Hall–Kier alpha value is -2.90. The lowest BCUT2D eigenvalue weighted by molar-refractivity contribution is -0.183. The van der Waals surface area contributed by atoms with Crippen LogP contribution in [0.2, 0.25) is 0 Å². The number of nitriles is 1. The Morgan fingerprint density at radius 2 is 1.89 bits per heavy atom. The molecule has 3 aliphatic rings. The summed E-state index contributed by atoms with van der Waals surface area (Å²) in [5.74, 6) is -3.04. The first-order chi connectivity index (χ1) is 17.7. The summed E-state index contributed by atoms with van der Waals surface area (Å²) in [4.78, 5) is 13.7. The molecule has 0 radical (unpaired) electrons. The molecule has 1 amide bonds. The van der Waals surface area contributed by atoms with Crippen molar-refractivity contribution in [3.8, 4) is 6.07 Å². The van der Waals surface area contributed by atoms with Crippen molar-refractivity contribution in [3.05, 3.63) is 70.8 Å². The van der Waals surface area contributed by atoms with E-state index < -0.39 is 41.3 Å². The van der Waals surface area contributed by atoms with Crippen LogP contribution < -0.4 is 5.32 Å². The van der Waals surface area contributed by atoms with E-state index in [1.54, 1.807) is 32.0 Å². The highest BCUT2D eigenvalue weighted by Gasteiger charge is 2.58. The summed E-state index contributed by atoms with van der Waals surface area (Å²) in [6.45, 7) is 3.65. The smallest absolute Gasteiger partial charge is 0.252 e. The lowest BCUT2D eigenvalue weighted by atomic mass is 9.78. The highest BCUT2D eigenvalue weighted by molar-refractivity contribution is 5.86. The molecule has 37 heavy (non-hydrogen) atoms. The van der Waals surface area contributed by atoms with Crippen molar-refractivity contribution in [1.82, 2.24) is 5.32 Å². The second-order valence-corrected chi connectivity index (χ2v) is 10.4. The van der Waals surface area contributed by atoms with Gasteiger partial charge >= 0.3 is 0 Å². The molecule has 1 N–H and O–H groups in total. The molecule has 0 aromatic heterocycles. The van der Waals surface area contributed by atoms with Crippen LogP contribution in [0.15, 0.2) is 42.5 Å². The lowest BCUT2D eigenvalue weighted by Crippen LogP contribution is -2.60. The molecule has 5 rings (SSSR count). The Bertz CT molecular complexity index is 1210. The van der Waals surface area contributed by atoms with Gasteiger partial charge in [-0.25, -0.2) is 8.78 Å². The van der Waals surface area contributed by atoms with Crippen LogP contribution in [0.3, 0.4) is 0 Å². The second-order valence-electron chi connectivity index (χ2n) is 10.4. The molecule has 1 aliphatic heterocycles. The molecule has 4 atom stereocenters. The molecule has 0 spiro atoms. The first-order valence-electron chi connectivity index (χ1n) is 12.5. The SMILES string of the molecule is CC1(C)O[C@H]2[C@@H](OCc3ccc(F)c(F)c3)C[C@](OCc3ccccc3C#N)(C(=O)NC3CC3)C[C@H]2O1. The molecule has 0 bridgehead atoms. The van der Waals surface area contributed by atoms with E-state index >= 15 is 0 Å². The number of nitrogens with one attached hydrogen (secondary N) is 1. The normalized spacial score (nSPS) is 28.4. The zero-order valence-corrected chi connectivity index (χ0v) is 20.8. The Labute approximate surface area is 214 Å². The molecule has 2 aromatic carbocycles. The van der Waals surface area contributed by atoms with Gasteiger partial charge in [0.25, 0.3) is 5.91 Å². The minimum Gasteiger partial charge on any atom is -0.371 e. The van der Waals surface area contributed by atoms with E-state index in [4.69, 9.17) is 18.9 Å². The van der Waals surface area contributed by atoms with Crippen molar-refractivity contribution in [1.29, 1.82) is 5.26 Å². The van der Waals surface area contributed by atoms with Crippen LogP contribution >= 0.6 is 0 Å². The monoisotopic (exact) mass is 512 g/mol. The molecular formula is C28H30F2N2O5. The molecule has 1 heterocycles. The number of benzene rings is 2. The fourth-order valence-electron chi connectivity index (χ4n) is 5.06. The maximum absolute atomic E-state index is 13.8. The van der Waals surface area contributed by atoms with Gasteiger partial charge in [0.1, 0.15) is 6.10 Å². The maximum Gasteiger partial charge on any atom is 0.252 e. The fraction of sp³-hybridized carbons (Fsp3) is 0.500. The molecule has 196 valence electrons. The van der Waals surface area contributed by atoms with Crippen LogP contribution in [0.5, 0.6) is 0 Å². The molecular weight excluding hydrogens is 482 g/mol. The zero-order valence-electron chi connectivity index (χ0n) is 20.8. The Kier molecular flexibility index (Phi) is 7.03. The minimum atomic E-state index is -1.30. The van der Waals surface area contributed by atoms with Crippen molar-refractivity contribution < 1.29 is 32.5 Å². The third-order valence-corrected chi connectivity index (χ3v) is 7.07. The van der Waals surface area contributed by atoms with Crippen molar-refractivity contribution in [2.75, 3.05) is 0 Å². The van der Waals surface area contributed by atoms with Gasteiger partial charge in [0, 0.05) is 18.9 Å². The van der Waals surface area contributed by atoms with E-state index in [1.165, 1.54) is 6.07 Å². The molecule has 9 heteroatoms.